The Kier molecular flexibility index (Phi) is 3.01. The number of hydrogen-bond acceptors (Lipinski definition) is 3. The number of nitrogens with one attached hydrogen (secondary N) is 2. The van der Waals surface area contributed by atoms with Crippen LogP contribution in [0.25, 0.3) is 0 Å². The molecule has 0 radical (unpaired) electrons. The number of rotatable bonds is 3. The third-order valence-electron chi connectivity index (χ3n) is 1.49. The number of aromatic nitrogens is 1. The highest BCUT2D eigenvalue weighted by Gasteiger charge is 2.08. The lowest BCUT2D eigenvalue weighted by Crippen LogP contribution is -2.35. The monoisotopic (exact) mass is 195 g/mol. The van der Waals surface area contributed by atoms with Gasteiger partial charge in [-0.2, -0.15) is 0 Å². The van der Waals surface area contributed by atoms with Crippen LogP contribution < -0.4 is 16.5 Å². The van der Waals surface area contributed by atoms with Crippen molar-refractivity contribution < 1.29 is 9.59 Å². The topological polar surface area (TPSA) is 105 Å². The Morgan fingerprint density at radius 1 is 1.50 bits per heavy atom. The van der Waals surface area contributed by atoms with Crippen LogP contribution in [0.1, 0.15) is 10.4 Å². The van der Waals surface area contributed by atoms with Gasteiger partial charge in [0.1, 0.15) is 5.56 Å². The molecule has 0 unspecified atom stereocenters. The summed E-state index contributed by atoms with van der Waals surface area (Å²) in [7, 11) is 0. The zero-order valence-electron chi connectivity index (χ0n) is 7.24. The van der Waals surface area contributed by atoms with Crippen LogP contribution in [0.15, 0.2) is 23.3 Å². The molecule has 0 saturated carbocycles. The first-order valence-electron chi connectivity index (χ1n) is 3.85. The van der Waals surface area contributed by atoms with Gasteiger partial charge in [-0.25, -0.2) is 0 Å². The molecular formula is C8H9N3O3. The summed E-state index contributed by atoms with van der Waals surface area (Å²) in [5.41, 5.74) is 4.36. The van der Waals surface area contributed by atoms with Crippen LogP contribution in [0.5, 0.6) is 0 Å². The second-order valence-electron chi connectivity index (χ2n) is 2.57. The molecule has 1 heterocycles. The normalized spacial score (nSPS) is 9.43. The molecule has 0 aliphatic rings. The SMILES string of the molecule is NC(=O)CNC(=O)c1c[nH]ccc1=O. The van der Waals surface area contributed by atoms with Crippen molar-refractivity contribution in [1.82, 2.24) is 10.3 Å². The van der Waals surface area contributed by atoms with Crippen LogP contribution in [0, 0.1) is 0 Å². The third-order valence-corrected chi connectivity index (χ3v) is 1.49. The van der Waals surface area contributed by atoms with Gasteiger partial charge in [0.2, 0.25) is 5.91 Å². The largest absolute Gasteiger partial charge is 0.368 e. The van der Waals surface area contributed by atoms with Crippen molar-refractivity contribution in [2.75, 3.05) is 6.54 Å². The highest BCUT2D eigenvalue weighted by molar-refractivity contribution is 5.95. The summed E-state index contributed by atoms with van der Waals surface area (Å²) in [5.74, 6) is -1.28. The minimum absolute atomic E-state index is 0.0475. The van der Waals surface area contributed by atoms with E-state index in [0.717, 1.165) is 0 Å². The number of carbonyl (C=O) groups is 2. The molecule has 4 N–H and O–H groups in total. The van der Waals surface area contributed by atoms with Gasteiger partial charge in [-0.05, 0) is 0 Å². The van der Waals surface area contributed by atoms with Crippen LogP contribution in [-0.4, -0.2) is 23.3 Å². The van der Waals surface area contributed by atoms with E-state index < -0.39 is 17.2 Å². The van der Waals surface area contributed by atoms with E-state index in [2.05, 4.69) is 10.3 Å². The Labute approximate surface area is 79.1 Å². The summed E-state index contributed by atoms with van der Waals surface area (Å²) in [6, 6.07) is 1.22. The molecule has 6 heteroatoms. The van der Waals surface area contributed by atoms with Crippen molar-refractivity contribution in [2.45, 2.75) is 0 Å². The Morgan fingerprint density at radius 3 is 2.79 bits per heavy atom. The lowest BCUT2D eigenvalue weighted by atomic mass is 10.2. The summed E-state index contributed by atoms with van der Waals surface area (Å²) in [6.07, 6.45) is 2.67. The maximum atomic E-state index is 11.2. The van der Waals surface area contributed by atoms with Crippen LogP contribution in [-0.2, 0) is 4.79 Å². The van der Waals surface area contributed by atoms with Gasteiger partial charge in [0.05, 0.1) is 6.54 Å². The number of pyridine rings is 1. The molecule has 74 valence electrons. The first-order valence-corrected chi connectivity index (χ1v) is 3.85. The zero-order valence-corrected chi connectivity index (χ0v) is 7.24. The first kappa shape index (κ1) is 9.97. The lowest BCUT2D eigenvalue weighted by molar-refractivity contribution is -0.117. The molecule has 0 bridgehead atoms. The molecule has 0 atom stereocenters. The molecule has 1 rings (SSSR count). The van der Waals surface area contributed by atoms with Crippen molar-refractivity contribution in [3.05, 3.63) is 34.2 Å². The maximum absolute atomic E-state index is 11.2. The Balaban J connectivity index is 2.75. The van der Waals surface area contributed by atoms with Crippen molar-refractivity contribution >= 4 is 11.8 Å². The quantitative estimate of drug-likeness (QED) is 0.551. The average molecular weight is 195 g/mol. The van der Waals surface area contributed by atoms with Gasteiger partial charge in [-0.3, -0.25) is 14.4 Å². The zero-order chi connectivity index (χ0) is 10.6. The number of H-pyrrole nitrogens is 1. The predicted molar refractivity (Wildman–Crippen MR) is 48.6 cm³/mol. The van der Waals surface area contributed by atoms with E-state index >= 15 is 0 Å². The molecule has 0 fully saturated rings. The van der Waals surface area contributed by atoms with Crippen LogP contribution in [0.4, 0.5) is 0 Å². The maximum Gasteiger partial charge on any atom is 0.257 e. The predicted octanol–water partition coefficient (Wildman–Crippen LogP) is -1.41. The molecule has 0 spiro atoms. The molecule has 0 aliphatic heterocycles. The highest BCUT2D eigenvalue weighted by Crippen LogP contribution is 1.86. The van der Waals surface area contributed by atoms with E-state index in [1.165, 1.54) is 18.5 Å². The van der Waals surface area contributed by atoms with Gasteiger partial charge in [-0.15, -0.1) is 0 Å². The number of nitrogens with two attached hydrogens (primary N) is 1. The minimum atomic E-state index is -0.661. The first-order chi connectivity index (χ1) is 6.61. The fourth-order valence-electron chi connectivity index (χ4n) is 0.856. The molecule has 1 aromatic heterocycles. The Hall–Kier alpha value is -2.11. The van der Waals surface area contributed by atoms with Crippen molar-refractivity contribution in [1.29, 1.82) is 0 Å². The van der Waals surface area contributed by atoms with E-state index in [4.69, 9.17) is 5.73 Å². The van der Waals surface area contributed by atoms with Gasteiger partial charge in [0, 0.05) is 18.5 Å². The lowest BCUT2D eigenvalue weighted by Gasteiger charge is -2.00. The van der Waals surface area contributed by atoms with Gasteiger partial charge >= 0.3 is 0 Å². The fourth-order valence-corrected chi connectivity index (χ4v) is 0.856. The van der Waals surface area contributed by atoms with Gasteiger partial charge in [0.15, 0.2) is 5.43 Å². The smallest absolute Gasteiger partial charge is 0.257 e. The molecule has 6 nitrogen and oxygen atoms in total. The standard InChI is InChI=1S/C8H9N3O3/c9-7(13)4-11-8(14)5-3-10-2-1-6(5)12/h1-3H,4H2,(H2,9,13)(H,10,12)(H,11,14). The van der Waals surface area contributed by atoms with Crippen molar-refractivity contribution in [3.63, 3.8) is 0 Å². The number of aromatic amines is 1. The van der Waals surface area contributed by atoms with Crippen LogP contribution in [0.3, 0.4) is 0 Å². The number of carbonyl (C=O) groups excluding carboxylic acids is 2. The van der Waals surface area contributed by atoms with Gasteiger partial charge in [-0.1, -0.05) is 0 Å². The fraction of sp³-hybridized carbons (Fsp3) is 0.125. The third kappa shape index (κ3) is 2.44. The van der Waals surface area contributed by atoms with E-state index in [9.17, 15) is 14.4 Å². The highest BCUT2D eigenvalue weighted by atomic mass is 16.2. The molecule has 0 aliphatic carbocycles. The van der Waals surface area contributed by atoms with E-state index in [1.54, 1.807) is 0 Å². The summed E-state index contributed by atoms with van der Waals surface area (Å²) in [5, 5.41) is 2.21. The number of hydrogen-bond donors (Lipinski definition) is 3. The molecule has 0 saturated heterocycles. The van der Waals surface area contributed by atoms with E-state index in [-0.39, 0.29) is 12.1 Å². The Morgan fingerprint density at radius 2 is 2.21 bits per heavy atom. The molecule has 2 amide bonds. The van der Waals surface area contributed by atoms with Crippen LogP contribution >= 0.6 is 0 Å². The molecule has 1 aromatic rings. The molecule has 0 aromatic carbocycles. The molecular weight excluding hydrogens is 186 g/mol. The Bertz CT molecular complexity index is 410. The summed E-state index contributed by atoms with van der Waals surface area (Å²) < 4.78 is 0. The van der Waals surface area contributed by atoms with E-state index in [1.807, 2.05) is 0 Å². The van der Waals surface area contributed by atoms with Crippen LogP contribution in [0.2, 0.25) is 0 Å². The number of primary amides is 1. The van der Waals surface area contributed by atoms with Gasteiger partial charge < -0.3 is 16.0 Å². The number of amides is 2. The second kappa shape index (κ2) is 4.22. The molecule has 14 heavy (non-hydrogen) atoms. The minimum Gasteiger partial charge on any atom is -0.368 e. The van der Waals surface area contributed by atoms with Gasteiger partial charge in [0.25, 0.3) is 5.91 Å². The summed E-state index contributed by atoms with van der Waals surface area (Å²) in [4.78, 5) is 35.3. The second-order valence-corrected chi connectivity index (χ2v) is 2.57. The summed E-state index contributed by atoms with van der Waals surface area (Å²) in [6.45, 7) is -0.285. The average Bonchev–Trinajstić information content (AvgIpc) is 2.15. The summed E-state index contributed by atoms with van der Waals surface area (Å²) >= 11 is 0. The van der Waals surface area contributed by atoms with Crippen molar-refractivity contribution in [3.8, 4) is 0 Å². The van der Waals surface area contributed by atoms with Crippen molar-refractivity contribution in [2.24, 2.45) is 5.73 Å². The van der Waals surface area contributed by atoms with E-state index in [0.29, 0.717) is 0 Å².